The molecule has 2 amide bonds. The van der Waals surface area contributed by atoms with E-state index in [9.17, 15) is 22.8 Å². The third kappa shape index (κ3) is 5.94. The second-order valence-corrected chi connectivity index (χ2v) is 9.25. The van der Waals surface area contributed by atoms with Gasteiger partial charge in [0.2, 0.25) is 0 Å². The van der Waals surface area contributed by atoms with E-state index >= 15 is 4.39 Å². The van der Waals surface area contributed by atoms with E-state index in [0.717, 1.165) is 6.07 Å². The fourth-order valence-electron chi connectivity index (χ4n) is 3.98. The average molecular weight is 549 g/mol. The molecule has 38 heavy (non-hydrogen) atoms. The predicted octanol–water partition coefficient (Wildman–Crippen LogP) is 5.79. The van der Waals surface area contributed by atoms with Crippen LogP contribution < -0.4 is 10.6 Å². The second-order valence-electron chi connectivity index (χ2n) is 8.82. The molecule has 198 valence electrons. The van der Waals surface area contributed by atoms with Crippen molar-refractivity contribution in [3.05, 3.63) is 94.0 Å². The summed E-state index contributed by atoms with van der Waals surface area (Å²) in [5.41, 5.74) is -1.37. The molecule has 12 heteroatoms. The van der Waals surface area contributed by atoms with Crippen LogP contribution in [0.5, 0.6) is 0 Å². The highest BCUT2D eigenvalue weighted by atomic mass is 35.5. The van der Waals surface area contributed by atoms with Crippen molar-refractivity contribution in [2.45, 2.75) is 38.1 Å². The monoisotopic (exact) mass is 548 g/mol. The standard InChI is InChI=1S/C26H21ClF4N4O3/c1-14-10-16(27)13-32-21(14)23(37)33-17-8-9-19(28)18(11-17)25(2)12-20(26(29,30)31)34-24(38-25)35-22(36)15-6-4-3-5-7-15/h3-11,13,20H,12H2,1-2H3,(H,33,37)(H,34,35,36)/t20-,25-/m0/s1. The molecule has 1 aliphatic rings. The molecule has 0 saturated carbocycles. The number of pyridine rings is 1. The number of alkyl halides is 3. The molecule has 1 aliphatic heterocycles. The Hall–Kier alpha value is -3.99. The fourth-order valence-corrected chi connectivity index (χ4v) is 4.20. The summed E-state index contributed by atoms with van der Waals surface area (Å²) in [6.07, 6.45) is -4.28. The molecule has 4 rings (SSSR count). The van der Waals surface area contributed by atoms with Crippen LogP contribution >= 0.6 is 11.6 Å². The summed E-state index contributed by atoms with van der Waals surface area (Å²) in [7, 11) is 0. The molecule has 2 aromatic carbocycles. The summed E-state index contributed by atoms with van der Waals surface area (Å²) in [6, 6.07) is 9.72. The van der Waals surface area contributed by atoms with Gasteiger partial charge in [-0.1, -0.05) is 29.8 Å². The van der Waals surface area contributed by atoms with E-state index in [4.69, 9.17) is 16.3 Å². The number of aryl methyl sites for hydroxylation is 1. The Morgan fingerprint density at radius 3 is 2.45 bits per heavy atom. The van der Waals surface area contributed by atoms with Crippen LogP contribution in [0.25, 0.3) is 0 Å². The van der Waals surface area contributed by atoms with Gasteiger partial charge in [-0.2, -0.15) is 13.2 Å². The lowest BCUT2D eigenvalue weighted by Gasteiger charge is -2.38. The van der Waals surface area contributed by atoms with Gasteiger partial charge >= 0.3 is 6.18 Å². The minimum atomic E-state index is -4.80. The number of ether oxygens (including phenoxy) is 1. The molecule has 0 bridgehead atoms. The minimum Gasteiger partial charge on any atom is -0.454 e. The number of anilines is 1. The molecule has 7 nitrogen and oxygen atoms in total. The highest BCUT2D eigenvalue weighted by Gasteiger charge is 2.50. The minimum absolute atomic E-state index is 0.0654. The summed E-state index contributed by atoms with van der Waals surface area (Å²) in [5, 5.41) is 5.13. The zero-order valence-electron chi connectivity index (χ0n) is 20.1. The number of hydrogen-bond acceptors (Lipinski definition) is 5. The van der Waals surface area contributed by atoms with Gasteiger partial charge in [-0.05, 0) is 55.8 Å². The third-order valence-electron chi connectivity index (χ3n) is 5.87. The molecule has 0 fully saturated rings. The normalized spacial score (nSPS) is 19.2. The molecule has 0 unspecified atom stereocenters. The summed E-state index contributed by atoms with van der Waals surface area (Å²) in [6.45, 7) is 2.88. The molecule has 3 aromatic rings. The van der Waals surface area contributed by atoms with Gasteiger partial charge in [-0.15, -0.1) is 0 Å². The van der Waals surface area contributed by atoms with E-state index in [1.54, 1.807) is 31.2 Å². The van der Waals surface area contributed by atoms with Gasteiger partial charge in [0, 0.05) is 29.4 Å². The first-order chi connectivity index (χ1) is 17.9. The maximum Gasteiger partial charge on any atom is 0.411 e. The third-order valence-corrected chi connectivity index (χ3v) is 6.07. The van der Waals surface area contributed by atoms with Crippen LogP contribution in [0.15, 0.2) is 65.8 Å². The lowest BCUT2D eigenvalue weighted by Crippen LogP contribution is -2.48. The Bertz CT molecular complexity index is 1420. The molecular weight excluding hydrogens is 528 g/mol. The van der Waals surface area contributed by atoms with E-state index in [0.29, 0.717) is 10.6 Å². The number of rotatable bonds is 4. The van der Waals surface area contributed by atoms with Crippen molar-refractivity contribution in [2.24, 2.45) is 4.99 Å². The molecule has 2 atom stereocenters. The van der Waals surface area contributed by atoms with E-state index < -0.39 is 47.9 Å². The van der Waals surface area contributed by atoms with E-state index in [2.05, 4.69) is 20.6 Å². The number of halogens is 5. The van der Waals surface area contributed by atoms with Crippen molar-refractivity contribution < 1.29 is 31.9 Å². The second kappa shape index (κ2) is 10.4. The number of nitrogens with one attached hydrogen (secondary N) is 2. The SMILES string of the molecule is Cc1cc(Cl)cnc1C(=O)Nc1ccc(F)c([C@]2(C)C[C@@H](C(F)(F)F)N=C(NC(=O)c3ccccc3)O2)c1. The van der Waals surface area contributed by atoms with Gasteiger partial charge in [0.25, 0.3) is 17.8 Å². The van der Waals surface area contributed by atoms with Gasteiger partial charge in [-0.3, -0.25) is 14.9 Å². The maximum atomic E-state index is 15.0. The topological polar surface area (TPSA) is 92.7 Å². The first-order valence-corrected chi connectivity index (χ1v) is 11.7. The van der Waals surface area contributed by atoms with E-state index in [-0.39, 0.29) is 22.5 Å². The van der Waals surface area contributed by atoms with E-state index in [1.807, 2.05) is 0 Å². The highest BCUT2D eigenvalue weighted by Crippen LogP contribution is 2.41. The van der Waals surface area contributed by atoms with Gasteiger partial charge in [0.1, 0.15) is 17.1 Å². The Kier molecular flexibility index (Phi) is 7.41. The smallest absolute Gasteiger partial charge is 0.411 e. The van der Waals surface area contributed by atoms with Gasteiger partial charge < -0.3 is 10.1 Å². The molecule has 0 spiro atoms. The fraction of sp³-hybridized carbons (Fsp3) is 0.231. The van der Waals surface area contributed by atoms with Crippen molar-refractivity contribution in [1.82, 2.24) is 10.3 Å². The number of hydrogen-bond donors (Lipinski definition) is 2. The van der Waals surface area contributed by atoms with Crippen molar-refractivity contribution in [2.75, 3.05) is 5.32 Å². The number of aromatic nitrogens is 1. The van der Waals surface area contributed by atoms with Crippen LogP contribution in [-0.4, -0.2) is 35.0 Å². The average Bonchev–Trinajstić information content (AvgIpc) is 2.84. The molecule has 2 N–H and O–H groups in total. The quantitative estimate of drug-likeness (QED) is 0.404. The van der Waals surface area contributed by atoms with Crippen LogP contribution in [0.1, 0.15) is 45.3 Å². The van der Waals surface area contributed by atoms with Crippen molar-refractivity contribution in [3.8, 4) is 0 Å². The van der Waals surface area contributed by atoms with Crippen LogP contribution in [0.4, 0.5) is 23.2 Å². The summed E-state index contributed by atoms with van der Waals surface area (Å²) in [5.74, 6) is -2.25. The lowest BCUT2D eigenvalue weighted by molar-refractivity contribution is -0.164. The largest absolute Gasteiger partial charge is 0.454 e. The zero-order chi connectivity index (χ0) is 27.7. The zero-order valence-corrected chi connectivity index (χ0v) is 20.8. The van der Waals surface area contributed by atoms with Crippen molar-refractivity contribution in [1.29, 1.82) is 0 Å². The van der Waals surface area contributed by atoms with Gasteiger partial charge in [0.05, 0.1) is 5.02 Å². The number of benzene rings is 2. The number of aliphatic imine (C=N–C) groups is 1. The number of carbonyl (C=O) groups is 2. The molecule has 0 saturated heterocycles. The Labute approximate surface area is 219 Å². The Balaban J connectivity index is 1.64. The molecular formula is C26H21ClF4N4O3. The highest BCUT2D eigenvalue weighted by molar-refractivity contribution is 6.30. The summed E-state index contributed by atoms with van der Waals surface area (Å²) < 4.78 is 62.1. The van der Waals surface area contributed by atoms with Crippen LogP contribution in [0, 0.1) is 12.7 Å². The Morgan fingerprint density at radius 1 is 1.08 bits per heavy atom. The Morgan fingerprint density at radius 2 is 1.79 bits per heavy atom. The first-order valence-electron chi connectivity index (χ1n) is 11.3. The molecule has 0 radical (unpaired) electrons. The van der Waals surface area contributed by atoms with Crippen LogP contribution in [0.2, 0.25) is 5.02 Å². The molecule has 1 aromatic heterocycles. The number of nitrogens with zero attached hydrogens (tertiary/aromatic N) is 2. The van der Waals surface area contributed by atoms with Crippen molar-refractivity contribution >= 4 is 35.1 Å². The molecule has 2 heterocycles. The maximum absolute atomic E-state index is 15.0. The van der Waals surface area contributed by atoms with E-state index in [1.165, 1.54) is 37.4 Å². The van der Waals surface area contributed by atoms with Gasteiger partial charge in [0.15, 0.2) is 6.04 Å². The first kappa shape index (κ1) is 27.1. The number of amidine groups is 1. The molecule has 0 aliphatic carbocycles. The van der Waals surface area contributed by atoms with Crippen LogP contribution in [-0.2, 0) is 10.3 Å². The van der Waals surface area contributed by atoms with Gasteiger partial charge in [-0.25, -0.2) is 14.4 Å². The van der Waals surface area contributed by atoms with Crippen LogP contribution in [0.3, 0.4) is 0 Å². The summed E-state index contributed by atoms with van der Waals surface area (Å²) >= 11 is 5.88. The number of carbonyl (C=O) groups excluding carboxylic acids is 2. The summed E-state index contributed by atoms with van der Waals surface area (Å²) in [4.78, 5) is 32.8. The lowest BCUT2D eigenvalue weighted by atomic mass is 9.87. The van der Waals surface area contributed by atoms with Crippen molar-refractivity contribution in [3.63, 3.8) is 0 Å². The predicted molar refractivity (Wildman–Crippen MR) is 133 cm³/mol. The number of amides is 2.